The van der Waals surface area contributed by atoms with Crippen molar-refractivity contribution < 1.29 is 13.2 Å². The van der Waals surface area contributed by atoms with E-state index in [-0.39, 0.29) is 5.92 Å². The maximum absolute atomic E-state index is 13.1. The van der Waals surface area contributed by atoms with E-state index < -0.39 is 11.7 Å². The molecule has 0 radical (unpaired) electrons. The van der Waals surface area contributed by atoms with Gasteiger partial charge in [-0.15, -0.1) is 0 Å². The zero-order chi connectivity index (χ0) is 13.3. The Hall–Kier alpha value is -0.990. The summed E-state index contributed by atoms with van der Waals surface area (Å²) >= 11 is 0. The molecule has 1 saturated carbocycles. The lowest BCUT2D eigenvalue weighted by atomic mass is 9.90. The molecular weight excluding hydrogens is 237 g/mol. The van der Waals surface area contributed by atoms with Crippen molar-refractivity contribution in [2.24, 2.45) is 0 Å². The molecule has 0 aromatic heterocycles. The van der Waals surface area contributed by atoms with Gasteiger partial charge in [-0.05, 0) is 41.9 Å². The van der Waals surface area contributed by atoms with Gasteiger partial charge >= 0.3 is 6.18 Å². The van der Waals surface area contributed by atoms with Crippen molar-refractivity contribution in [2.75, 3.05) is 0 Å². The van der Waals surface area contributed by atoms with Crippen molar-refractivity contribution >= 4 is 0 Å². The molecule has 18 heavy (non-hydrogen) atoms. The molecule has 1 aliphatic rings. The minimum atomic E-state index is -4.24. The molecule has 0 amide bonds. The Labute approximate surface area is 106 Å². The van der Waals surface area contributed by atoms with Crippen LogP contribution >= 0.6 is 0 Å². The number of hydrogen-bond acceptors (Lipinski definition) is 0. The smallest absolute Gasteiger partial charge is 0.166 e. The quantitative estimate of drug-likeness (QED) is 0.656. The predicted molar refractivity (Wildman–Crippen MR) is 66.7 cm³/mol. The van der Waals surface area contributed by atoms with Gasteiger partial charge in [-0.2, -0.15) is 13.2 Å². The lowest BCUT2D eigenvalue weighted by Gasteiger charge is -2.19. The fourth-order valence-electron chi connectivity index (χ4n) is 2.84. The van der Waals surface area contributed by atoms with Crippen LogP contribution in [0.2, 0.25) is 0 Å². The summed E-state index contributed by atoms with van der Waals surface area (Å²) in [5, 5.41) is 0. The van der Waals surface area contributed by atoms with Crippen LogP contribution in [-0.4, -0.2) is 0 Å². The summed E-state index contributed by atoms with van der Waals surface area (Å²) in [5.41, 5.74) is 0.829. The SMILES string of the molecule is CC(C)c1ccc(C2CCCC2)cc1C(F)(F)F. The highest BCUT2D eigenvalue weighted by Crippen LogP contribution is 2.40. The molecule has 3 heteroatoms. The molecule has 0 bridgehead atoms. The van der Waals surface area contributed by atoms with Gasteiger partial charge in [0.05, 0.1) is 5.56 Å². The molecular formula is C15H19F3. The average molecular weight is 256 g/mol. The van der Waals surface area contributed by atoms with Crippen molar-refractivity contribution in [3.8, 4) is 0 Å². The molecule has 0 unspecified atom stereocenters. The van der Waals surface area contributed by atoms with Gasteiger partial charge in [0.2, 0.25) is 0 Å². The summed E-state index contributed by atoms with van der Waals surface area (Å²) in [5.74, 6) is 0.228. The second kappa shape index (κ2) is 4.94. The number of halogens is 3. The molecule has 0 spiro atoms. The van der Waals surface area contributed by atoms with E-state index in [0.717, 1.165) is 31.2 Å². The third-order valence-corrected chi connectivity index (χ3v) is 3.83. The molecule has 100 valence electrons. The molecule has 2 rings (SSSR count). The topological polar surface area (TPSA) is 0 Å². The predicted octanol–water partition coefficient (Wildman–Crippen LogP) is 5.49. The van der Waals surface area contributed by atoms with Crippen LogP contribution in [0.25, 0.3) is 0 Å². The van der Waals surface area contributed by atoms with Crippen molar-refractivity contribution in [1.29, 1.82) is 0 Å². The molecule has 0 N–H and O–H groups in total. The fourth-order valence-corrected chi connectivity index (χ4v) is 2.84. The number of alkyl halides is 3. The van der Waals surface area contributed by atoms with Crippen LogP contribution in [-0.2, 0) is 6.18 Å². The van der Waals surface area contributed by atoms with Gasteiger partial charge in [-0.3, -0.25) is 0 Å². The van der Waals surface area contributed by atoms with Crippen LogP contribution in [0.3, 0.4) is 0 Å². The third kappa shape index (κ3) is 2.70. The Kier molecular flexibility index (Phi) is 3.69. The Morgan fingerprint density at radius 1 is 1.11 bits per heavy atom. The number of benzene rings is 1. The maximum Gasteiger partial charge on any atom is 0.416 e. The van der Waals surface area contributed by atoms with Crippen LogP contribution in [0.4, 0.5) is 13.2 Å². The Bertz CT molecular complexity index is 412. The molecule has 1 fully saturated rings. The third-order valence-electron chi connectivity index (χ3n) is 3.83. The van der Waals surface area contributed by atoms with E-state index >= 15 is 0 Å². The van der Waals surface area contributed by atoms with Crippen LogP contribution in [0, 0.1) is 0 Å². The van der Waals surface area contributed by atoms with Gasteiger partial charge in [0, 0.05) is 0 Å². The van der Waals surface area contributed by atoms with E-state index in [4.69, 9.17) is 0 Å². The number of hydrogen-bond donors (Lipinski definition) is 0. The number of rotatable bonds is 2. The summed E-state index contributed by atoms with van der Waals surface area (Å²) in [4.78, 5) is 0. The zero-order valence-electron chi connectivity index (χ0n) is 10.8. The van der Waals surface area contributed by atoms with Gasteiger partial charge in [-0.25, -0.2) is 0 Å². The highest BCUT2D eigenvalue weighted by molar-refractivity contribution is 5.37. The highest BCUT2D eigenvalue weighted by Gasteiger charge is 2.34. The summed E-state index contributed by atoms with van der Waals surface area (Å²) in [6.07, 6.45) is 0.0841. The molecule has 1 aromatic rings. The van der Waals surface area contributed by atoms with Crippen molar-refractivity contribution in [1.82, 2.24) is 0 Å². The van der Waals surface area contributed by atoms with Crippen molar-refractivity contribution in [3.63, 3.8) is 0 Å². The van der Waals surface area contributed by atoms with Gasteiger partial charge in [0.25, 0.3) is 0 Å². The van der Waals surface area contributed by atoms with E-state index in [2.05, 4.69) is 0 Å². The van der Waals surface area contributed by atoms with Crippen LogP contribution in [0.1, 0.15) is 68.1 Å². The Morgan fingerprint density at radius 2 is 1.72 bits per heavy atom. The van der Waals surface area contributed by atoms with Crippen LogP contribution in [0.15, 0.2) is 18.2 Å². The van der Waals surface area contributed by atoms with E-state index in [9.17, 15) is 13.2 Å². The lowest BCUT2D eigenvalue weighted by molar-refractivity contribution is -0.138. The second-order valence-corrected chi connectivity index (χ2v) is 5.48. The monoisotopic (exact) mass is 256 g/mol. The first-order valence-corrected chi connectivity index (χ1v) is 6.60. The van der Waals surface area contributed by atoms with Gasteiger partial charge in [0.15, 0.2) is 0 Å². The first-order chi connectivity index (χ1) is 8.39. The van der Waals surface area contributed by atoms with E-state index in [1.165, 1.54) is 6.07 Å². The normalized spacial score (nSPS) is 17.7. The fraction of sp³-hybridized carbons (Fsp3) is 0.600. The van der Waals surface area contributed by atoms with Gasteiger partial charge in [0.1, 0.15) is 0 Å². The van der Waals surface area contributed by atoms with E-state index in [0.29, 0.717) is 11.5 Å². The molecule has 1 aliphatic carbocycles. The first-order valence-electron chi connectivity index (χ1n) is 6.60. The minimum absolute atomic E-state index is 0.0979. The van der Waals surface area contributed by atoms with Crippen molar-refractivity contribution in [3.05, 3.63) is 34.9 Å². The molecule has 0 aliphatic heterocycles. The Morgan fingerprint density at radius 3 is 2.22 bits per heavy atom. The summed E-state index contributed by atoms with van der Waals surface area (Å²) in [6.45, 7) is 3.61. The standard InChI is InChI=1S/C15H19F3/c1-10(2)13-8-7-12(11-5-3-4-6-11)9-14(13)15(16,17)18/h7-11H,3-6H2,1-2H3. The van der Waals surface area contributed by atoms with E-state index in [1.54, 1.807) is 19.9 Å². The van der Waals surface area contributed by atoms with E-state index in [1.807, 2.05) is 6.07 Å². The highest BCUT2D eigenvalue weighted by atomic mass is 19.4. The lowest BCUT2D eigenvalue weighted by Crippen LogP contribution is -2.11. The summed E-state index contributed by atoms with van der Waals surface area (Å²) < 4.78 is 39.2. The molecule has 0 saturated heterocycles. The molecule has 0 nitrogen and oxygen atoms in total. The molecule has 0 atom stereocenters. The summed E-state index contributed by atoms with van der Waals surface area (Å²) in [6, 6.07) is 4.94. The zero-order valence-corrected chi connectivity index (χ0v) is 10.8. The largest absolute Gasteiger partial charge is 0.416 e. The minimum Gasteiger partial charge on any atom is -0.166 e. The molecule has 1 aromatic carbocycles. The van der Waals surface area contributed by atoms with Gasteiger partial charge < -0.3 is 0 Å². The first kappa shape index (κ1) is 13.4. The molecule has 0 heterocycles. The average Bonchev–Trinajstić information content (AvgIpc) is 2.80. The van der Waals surface area contributed by atoms with Crippen molar-refractivity contribution in [2.45, 2.75) is 57.5 Å². The maximum atomic E-state index is 13.1. The van der Waals surface area contributed by atoms with Crippen LogP contribution in [0.5, 0.6) is 0 Å². The summed E-state index contributed by atoms with van der Waals surface area (Å²) in [7, 11) is 0. The van der Waals surface area contributed by atoms with Gasteiger partial charge in [-0.1, -0.05) is 38.8 Å². The van der Waals surface area contributed by atoms with Crippen LogP contribution < -0.4 is 0 Å². The Balaban J connectivity index is 2.41. The second-order valence-electron chi connectivity index (χ2n) is 5.48.